The van der Waals surface area contributed by atoms with Crippen molar-refractivity contribution in [2.24, 2.45) is 5.10 Å². The Morgan fingerprint density at radius 1 is 1.19 bits per heavy atom. The Morgan fingerprint density at radius 2 is 2.00 bits per heavy atom. The number of benzene rings is 2. The quantitative estimate of drug-likeness (QED) is 0.491. The van der Waals surface area contributed by atoms with E-state index < -0.39 is 0 Å². The van der Waals surface area contributed by atoms with Crippen LogP contribution < -0.4 is 9.47 Å². The van der Waals surface area contributed by atoms with Gasteiger partial charge in [-0.2, -0.15) is 14.9 Å². The van der Waals surface area contributed by atoms with Gasteiger partial charge in [-0.05, 0) is 43.4 Å². The number of hydrogen-bond donors (Lipinski definition) is 2. The minimum absolute atomic E-state index is 0.0233. The topological polar surface area (TPSA) is 84.7 Å². The first kappa shape index (κ1) is 17.7. The maximum atomic E-state index is 10.2. The second-order valence-electron chi connectivity index (χ2n) is 5.23. The molecule has 7 nitrogen and oxygen atoms in total. The maximum Gasteiger partial charge on any atom is 0.216 e. The third-order valence-electron chi connectivity index (χ3n) is 3.47. The zero-order chi connectivity index (χ0) is 18.4. The number of aromatic hydroxyl groups is 1. The van der Waals surface area contributed by atoms with Crippen LogP contribution in [0.4, 0.5) is 0 Å². The van der Waals surface area contributed by atoms with Gasteiger partial charge in [-0.15, -0.1) is 0 Å². The van der Waals surface area contributed by atoms with E-state index in [1.165, 1.54) is 10.9 Å². The molecular formula is C18H18N4O3S. The van der Waals surface area contributed by atoms with E-state index in [0.717, 1.165) is 5.75 Å². The van der Waals surface area contributed by atoms with Gasteiger partial charge < -0.3 is 14.6 Å². The molecule has 0 bridgehead atoms. The summed E-state index contributed by atoms with van der Waals surface area (Å²) < 4.78 is 12.8. The molecule has 0 amide bonds. The number of nitrogens with zero attached hydrogens (tertiary/aromatic N) is 3. The van der Waals surface area contributed by atoms with Gasteiger partial charge in [0.25, 0.3) is 0 Å². The van der Waals surface area contributed by atoms with E-state index in [0.29, 0.717) is 28.5 Å². The molecule has 0 unspecified atom stereocenters. The van der Waals surface area contributed by atoms with Crippen LogP contribution in [-0.4, -0.2) is 32.8 Å². The fourth-order valence-electron chi connectivity index (χ4n) is 2.24. The van der Waals surface area contributed by atoms with Gasteiger partial charge in [0, 0.05) is 5.56 Å². The van der Waals surface area contributed by atoms with E-state index in [-0.39, 0.29) is 12.4 Å². The van der Waals surface area contributed by atoms with Crippen LogP contribution in [0.15, 0.2) is 53.6 Å². The molecule has 3 aromatic rings. The van der Waals surface area contributed by atoms with Crippen LogP contribution in [0.5, 0.6) is 17.2 Å². The SMILES string of the molecule is CCOc1cccc(/C=N/n2c(COc3ccccc3)n[nH]c2=S)c1O. The summed E-state index contributed by atoms with van der Waals surface area (Å²) in [6.07, 6.45) is 1.50. The Hall–Kier alpha value is -3.13. The van der Waals surface area contributed by atoms with Gasteiger partial charge >= 0.3 is 0 Å². The van der Waals surface area contributed by atoms with Crippen LogP contribution in [0.25, 0.3) is 0 Å². The van der Waals surface area contributed by atoms with Gasteiger partial charge in [-0.3, -0.25) is 0 Å². The molecule has 0 fully saturated rings. The lowest BCUT2D eigenvalue weighted by molar-refractivity contribution is 0.290. The van der Waals surface area contributed by atoms with Crippen LogP contribution in [0, 0.1) is 4.77 Å². The highest BCUT2D eigenvalue weighted by Gasteiger charge is 2.08. The second-order valence-corrected chi connectivity index (χ2v) is 5.62. The summed E-state index contributed by atoms with van der Waals surface area (Å²) in [5.74, 6) is 1.66. The molecule has 0 aliphatic heterocycles. The largest absolute Gasteiger partial charge is 0.504 e. The van der Waals surface area contributed by atoms with Crippen molar-refractivity contribution in [3.63, 3.8) is 0 Å². The van der Waals surface area contributed by atoms with Crippen LogP contribution in [0.1, 0.15) is 18.3 Å². The van der Waals surface area contributed by atoms with Crippen molar-refractivity contribution in [2.45, 2.75) is 13.5 Å². The summed E-state index contributed by atoms with van der Waals surface area (Å²) in [5.41, 5.74) is 0.508. The fraction of sp³-hybridized carbons (Fsp3) is 0.167. The predicted octanol–water partition coefficient (Wildman–Crippen LogP) is 3.51. The number of phenols is 1. The molecule has 134 valence electrons. The monoisotopic (exact) mass is 370 g/mol. The number of aromatic nitrogens is 3. The third kappa shape index (κ3) is 4.09. The number of H-pyrrole nitrogens is 1. The van der Waals surface area contributed by atoms with Crippen LogP contribution in [0.2, 0.25) is 0 Å². The van der Waals surface area contributed by atoms with E-state index in [2.05, 4.69) is 15.3 Å². The average Bonchev–Trinajstić information content (AvgIpc) is 3.01. The molecule has 0 atom stereocenters. The Bertz CT molecular complexity index is 951. The van der Waals surface area contributed by atoms with E-state index in [1.807, 2.05) is 37.3 Å². The second kappa shape index (κ2) is 8.30. The van der Waals surface area contributed by atoms with Crippen molar-refractivity contribution < 1.29 is 14.6 Å². The molecule has 3 rings (SSSR count). The molecule has 26 heavy (non-hydrogen) atoms. The molecule has 8 heteroatoms. The highest BCUT2D eigenvalue weighted by atomic mass is 32.1. The maximum absolute atomic E-state index is 10.2. The standard InChI is InChI=1S/C18H18N4O3S/c1-2-24-15-10-6-7-13(17(15)23)11-19-22-16(20-21-18(22)26)12-25-14-8-4-3-5-9-14/h3-11,23H,2,12H2,1H3,(H,21,26)/b19-11+. The van der Waals surface area contributed by atoms with Gasteiger partial charge in [0.2, 0.25) is 4.77 Å². The summed E-state index contributed by atoms with van der Waals surface area (Å²) in [6.45, 7) is 2.51. The van der Waals surface area contributed by atoms with E-state index >= 15 is 0 Å². The summed E-state index contributed by atoms with van der Waals surface area (Å²) in [4.78, 5) is 0. The van der Waals surface area contributed by atoms with Crippen LogP contribution >= 0.6 is 12.2 Å². The van der Waals surface area contributed by atoms with Crippen molar-refractivity contribution in [1.82, 2.24) is 14.9 Å². The van der Waals surface area contributed by atoms with Gasteiger partial charge in [0.1, 0.15) is 12.4 Å². The first-order valence-electron chi connectivity index (χ1n) is 8.02. The Balaban J connectivity index is 1.80. The fourth-order valence-corrected chi connectivity index (χ4v) is 2.43. The first-order chi connectivity index (χ1) is 12.7. The molecule has 0 aliphatic carbocycles. The van der Waals surface area contributed by atoms with Crippen LogP contribution in [-0.2, 0) is 6.61 Å². The number of para-hydroxylation sites is 2. The Labute approximate surface area is 155 Å². The summed E-state index contributed by atoms with van der Waals surface area (Å²) >= 11 is 5.21. The molecule has 0 saturated heterocycles. The lowest BCUT2D eigenvalue weighted by Crippen LogP contribution is -2.04. The van der Waals surface area contributed by atoms with Crippen molar-refractivity contribution >= 4 is 18.4 Å². The molecule has 1 heterocycles. The minimum Gasteiger partial charge on any atom is -0.504 e. The number of aromatic amines is 1. The number of hydrogen-bond acceptors (Lipinski definition) is 6. The first-order valence-corrected chi connectivity index (χ1v) is 8.43. The zero-order valence-electron chi connectivity index (χ0n) is 14.1. The lowest BCUT2D eigenvalue weighted by atomic mass is 10.2. The summed E-state index contributed by atoms with van der Waals surface area (Å²) in [6, 6.07) is 14.6. The number of rotatable bonds is 7. The van der Waals surface area contributed by atoms with Crippen molar-refractivity contribution in [3.05, 3.63) is 64.7 Å². The minimum atomic E-state index is 0.0233. The molecule has 0 spiro atoms. The van der Waals surface area contributed by atoms with Gasteiger partial charge in [0.05, 0.1) is 12.8 Å². The lowest BCUT2D eigenvalue weighted by Gasteiger charge is -2.07. The normalized spacial score (nSPS) is 11.0. The summed E-state index contributed by atoms with van der Waals surface area (Å²) in [7, 11) is 0. The third-order valence-corrected chi connectivity index (χ3v) is 3.74. The molecule has 1 aromatic heterocycles. The smallest absolute Gasteiger partial charge is 0.216 e. The average molecular weight is 370 g/mol. The summed E-state index contributed by atoms with van der Waals surface area (Å²) in [5, 5.41) is 21.4. The predicted molar refractivity (Wildman–Crippen MR) is 100 cm³/mol. The van der Waals surface area contributed by atoms with Gasteiger partial charge in [0.15, 0.2) is 17.3 Å². The van der Waals surface area contributed by atoms with Crippen molar-refractivity contribution in [3.8, 4) is 17.2 Å². The zero-order valence-corrected chi connectivity index (χ0v) is 14.9. The van der Waals surface area contributed by atoms with E-state index in [9.17, 15) is 5.11 Å². The Morgan fingerprint density at radius 3 is 2.77 bits per heavy atom. The molecule has 0 aliphatic rings. The molecular weight excluding hydrogens is 352 g/mol. The van der Waals surface area contributed by atoms with Gasteiger partial charge in [-0.1, -0.05) is 24.3 Å². The molecule has 2 N–H and O–H groups in total. The van der Waals surface area contributed by atoms with Crippen molar-refractivity contribution in [2.75, 3.05) is 6.61 Å². The molecule has 0 saturated carbocycles. The van der Waals surface area contributed by atoms with Crippen molar-refractivity contribution in [1.29, 1.82) is 0 Å². The van der Waals surface area contributed by atoms with E-state index in [4.69, 9.17) is 21.7 Å². The molecule has 0 radical (unpaired) electrons. The highest BCUT2D eigenvalue weighted by molar-refractivity contribution is 7.71. The number of nitrogens with one attached hydrogen (secondary N) is 1. The number of phenolic OH excluding ortho intramolecular Hbond substituents is 1. The Kier molecular flexibility index (Phi) is 5.65. The van der Waals surface area contributed by atoms with Crippen LogP contribution in [0.3, 0.4) is 0 Å². The van der Waals surface area contributed by atoms with Gasteiger partial charge in [-0.25, -0.2) is 5.10 Å². The molecule has 2 aromatic carbocycles. The number of ether oxygens (including phenoxy) is 2. The van der Waals surface area contributed by atoms with E-state index in [1.54, 1.807) is 18.2 Å². The highest BCUT2D eigenvalue weighted by Crippen LogP contribution is 2.28.